The molecule has 1 fully saturated rings. The Morgan fingerprint density at radius 1 is 1.55 bits per heavy atom. The molecule has 0 spiro atoms. The van der Waals surface area contributed by atoms with Gasteiger partial charge in [-0.25, -0.2) is 4.98 Å². The maximum atomic E-state index is 12.4. The van der Waals surface area contributed by atoms with Gasteiger partial charge in [-0.1, -0.05) is 6.92 Å². The van der Waals surface area contributed by atoms with Crippen LogP contribution < -0.4 is 5.32 Å². The first kappa shape index (κ1) is 15.1. The van der Waals surface area contributed by atoms with Crippen molar-refractivity contribution in [3.63, 3.8) is 0 Å². The summed E-state index contributed by atoms with van der Waals surface area (Å²) in [7, 11) is 1.91. The zero-order chi connectivity index (χ0) is 15.7. The zero-order valence-electron chi connectivity index (χ0n) is 13.2. The maximum absolute atomic E-state index is 12.4. The van der Waals surface area contributed by atoms with Crippen molar-refractivity contribution in [2.75, 3.05) is 6.54 Å². The van der Waals surface area contributed by atoms with Gasteiger partial charge in [-0.2, -0.15) is 0 Å². The van der Waals surface area contributed by atoms with E-state index in [9.17, 15) is 4.79 Å². The van der Waals surface area contributed by atoms with E-state index in [1.165, 1.54) is 24.2 Å². The van der Waals surface area contributed by atoms with Gasteiger partial charge in [0.25, 0.3) is 5.91 Å². The molecule has 118 valence electrons. The van der Waals surface area contributed by atoms with Crippen LogP contribution in [0.15, 0.2) is 6.33 Å². The molecule has 2 aromatic heterocycles. The monoisotopic (exact) mass is 319 g/mol. The molecular formula is C15H21N5OS. The van der Waals surface area contributed by atoms with E-state index < -0.39 is 0 Å². The van der Waals surface area contributed by atoms with Crippen molar-refractivity contribution < 1.29 is 4.79 Å². The normalized spacial score (nSPS) is 15.8. The molecule has 6 nitrogen and oxygen atoms in total. The molecule has 3 rings (SSSR count). The van der Waals surface area contributed by atoms with Gasteiger partial charge in [0.15, 0.2) is 0 Å². The fourth-order valence-corrected chi connectivity index (χ4v) is 3.57. The first-order valence-corrected chi connectivity index (χ1v) is 8.44. The van der Waals surface area contributed by atoms with Gasteiger partial charge in [0.05, 0.1) is 10.7 Å². The molecule has 1 aliphatic rings. The Kier molecular flexibility index (Phi) is 4.24. The lowest BCUT2D eigenvalue weighted by Crippen LogP contribution is -2.28. The van der Waals surface area contributed by atoms with Crippen LogP contribution >= 0.6 is 11.3 Å². The molecule has 0 saturated heterocycles. The Hall–Kier alpha value is -1.76. The van der Waals surface area contributed by atoms with E-state index in [-0.39, 0.29) is 11.8 Å². The fraction of sp³-hybridized carbons (Fsp3) is 0.600. The van der Waals surface area contributed by atoms with Crippen LogP contribution in [0.4, 0.5) is 0 Å². The van der Waals surface area contributed by atoms with Crippen LogP contribution in [0, 0.1) is 12.8 Å². The molecule has 1 atom stereocenters. The third-order valence-electron chi connectivity index (χ3n) is 3.96. The Labute approximate surface area is 134 Å². The smallest absolute Gasteiger partial charge is 0.263 e. The summed E-state index contributed by atoms with van der Waals surface area (Å²) in [5.41, 5.74) is 0.837. The van der Waals surface area contributed by atoms with E-state index in [1.54, 1.807) is 6.33 Å². The van der Waals surface area contributed by atoms with Gasteiger partial charge >= 0.3 is 0 Å². The first-order valence-electron chi connectivity index (χ1n) is 7.63. The minimum Gasteiger partial charge on any atom is -0.351 e. The molecule has 0 aromatic carbocycles. The van der Waals surface area contributed by atoms with Crippen LogP contribution in [-0.2, 0) is 13.5 Å². The highest BCUT2D eigenvalue weighted by molar-refractivity contribution is 7.13. The van der Waals surface area contributed by atoms with Crippen molar-refractivity contribution >= 4 is 17.2 Å². The number of hydrogen-bond donors (Lipinski definition) is 1. The Balaban J connectivity index is 1.59. The summed E-state index contributed by atoms with van der Waals surface area (Å²) < 4.78 is 1.88. The minimum atomic E-state index is -0.0361. The molecule has 0 bridgehead atoms. The summed E-state index contributed by atoms with van der Waals surface area (Å²) in [6.07, 6.45) is 5.30. The second kappa shape index (κ2) is 6.16. The Bertz CT molecular complexity index is 673. The Morgan fingerprint density at radius 3 is 2.95 bits per heavy atom. The fourth-order valence-electron chi connectivity index (χ4n) is 2.47. The number of amides is 1. The van der Waals surface area contributed by atoms with Crippen LogP contribution in [0.3, 0.4) is 0 Å². The average molecular weight is 319 g/mol. The summed E-state index contributed by atoms with van der Waals surface area (Å²) in [6.45, 7) is 4.48. The van der Waals surface area contributed by atoms with E-state index in [1.807, 2.05) is 25.5 Å². The average Bonchev–Trinajstić information content (AvgIpc) is 3.06. The van der Waals surface area contributed by atoms with Gasteiger partial charge in [0.2, 0.25) is 0 Å². The predicted molar refractivity (Wildman–Crippen MR) is 85.0 cm³/mol. The predicted octanol–water partition coefficient (Wildman–Crippen LogP) is 2.07. The van der Waals surface area contributed by atoms with E-state index in [4.69, 9.17) is 0 Å². The molecule has 0 radical (unpaired) electrons. The van der Waals surface area contributed by atoms with Crippen LogP contribution in [0.25, 0.3) is 0 Å². The first-order chi connectivity index (χ1) is 10.5. The second-order valence-corrected chi connectivity index (χ2v) is 7.16. The van der Waals surface area contributed by atoms with Gasteiger partial charge in [-0.3, -0.25) is 4.79 Å². The van der Waals surface area contributed by atoms with Crippen LogP contribution in [0.5, 0.6) is 0 Å². The number of nitrogens with one attached hydrogen (secondary N) is 1. The molecule has 22 heavy (non-hydrogen) atoms. The van der Waals surface area contributed by atoms with Crippen molar-refractivity contribution in [2.24, 2.45) is 13.0 Å². The van der Waals surface area contributed by atoms with E-state index >= 15 is 0 Å². The van der Waals surface area contributed by atoms with E-state index in [2.05, 4.69) is 20.5 Å². The molecule has 1 aliphatic carbocycles. The molecular weight excluding hydrogens is 298 g/mol. The largest absolute Gasteiger partial charge is 0.351 e. The SMILES string of the molecule is Cc1nc(CC2CC2)sc1C(=O)NCC(C)c1nncn1C. The number of rotatable bonds is 6. The highest BCUT2D eigenvalue weighted by Crippen LogP contribution is 2.34. The summed E-state index contributed by atoms with van der Waals surface area (Å²) in [4.78, 5) is 17.6. The van der Waals surface area contributed by atoms with Gasteiger partial charge in [0, 0.05) is 25.9 Å². The van der Waals surface area contributed by atoms with Crippen LogP contribution in [0.2, 0.25) is 0 Å². The lowest BCUT2D eigenvalue weighted by molar-refractivity contribution is 0.0954. The van der Waals surface area contributed by atoms with Gasteiger partial charge in [-0.15, -0.1) is 21.5 Å². The highest BCUT2D eigenvalue weighted by Gasteiger charge is 2.25. The van der Waals surface area contributed by atoms with Crippen LogP contribution in [-0.4, -0.2) is 32.2 Å². The molecule has 1 saturated carbocycles. The number of nitrogens with zero attached hydrogens (tertiary/aromatic N) is 4. The van der Waals surface area contributed by atoms with Crippen molar-refractivity contribution in [1.29, 1.82) is 0 Å². The maximum Gasteiger partial charge on any atom is 0.263 e. The summed E-state index contributed by atoms with van der Waals surface area (Å²) in [5.74, 6) is 1.75. The number of carbonyl (C=O) groups is 1. The molecule has 1 N–H and O–H groups in total. The third-order valence-corrected chi connectivity index (χ3v) is 5.14. The lowest BCUT2D eigenvalue weighted by atomic mass is 10.1. The minimum absolute atomic E-state index is 0.0361. The van der Waals surface area contributed by atoms with E-state index in [0.29, 0.717) is 6.54 Å². The standard InChI is InChI=1S/C15H21N5OS/c1-9(14-19-17-8-20(14)3)7-16-15(21)13-10(2)18-12(22-13)6-11-4-5-11/h8-9,11H,4-7H2,1-3H3,(H,16,21). The van der Waals surface area contributed by atoms with Crippen molar-refractivity contribution in [2.45, 2.75) is 39.0 Å². The van der Waals surface area contributed by atoms with Crippen molar-refractivity contribution in [3.8, 4) is 0 Å². The molecule has 2 aromatic rings. The molecule has 1 amide bonds. The van der Waals surface area contributed by atoms with Crippen LogP contribution in [0.1, 0.15) is 51.9 Å². The molecule has 0 aliphatic heterocycles. The highest BCUT2D eigenvalue weighted by atomic mass is 32.1. The molecule has 2 heterocycles. The van der Waals surface area contributed by atoms with Gasteiger partial charge in [-0.05, 0) is 25.7 Å². The number of aromatic nitrogens is 4. The number of thiazole rings is 1. The third kappa shape index (κ3) is 3.35. The van der Waals surface area contributed by atoms with Crippen molar-refractivity contribution in [3.05, 3.63) is 27.7 Å². The van der Waals surface area contributed by atoms with Crippen molar-refractivity contribution in [1.82, 2.24) is 25.1 Å². The topological polar surface area (TPSA) is 72.7 Å². The summed E-state index contributed by atoms with van der Waals surface area (Å²) in [5, 5.41) is 12.0. The summed E-state index contributed by atoms with van der Waals surface area (Å²) >= 11 is 1.53. The number of carbonyl (C=O) groups excluding carboxylic acids is 1. The number of aryl methyl sites for hydroxylation is 2. The van der Waals surface area contributed by atoms with Gasteiger partial charge < -0.3 is 9.88 Å². The quantitative estimate of drug-likeness (QED) is 0.884. The van der Waals surface area contributed by atoms with E-state index in [0.717, 1.165) is 33.7 Å². The Morgan fingerprint density at radius 2 is 2.32 bits per heavy atom. The summed E-state index contributed by atoms with van der Waals surface area (Å²) in [6, 6.07) is 0. The second-order valence-electron chi connectivity index (χ2n) is 6.08. The molecule has 1 unspecified atom stereocenters. The zero-order valence-corrected chi connectivity index (χ0v) is 14.0. The molecule has 7 heteroatoms. The van der Waals surface area contributed by atoms with Gasteiger partial charge in [0.1, 0.15) is 17.0 Å². The lowest BCUT2D eigenvalue weighted by Gasteiger charge is -2.11. The number of hydrogen-bond acceptors (Lipinski definition) is 5.